The van der Waals surface area contributed by atoms with Crippen molar-refractivity contribution in [3.8, 4) is 0 Å². The number of rotatable bonds is 4. The fraction of sp³-hybridized carbons (Fsp3) is 0.375. The molecule has 2 atom stereocenters. The first-order valence-corrected chi connectivity index (χ1v) is 8.23. The van der Waals surface area contributed by atoms with Crippen LogP contribution in [0.4, 0.5) is 5.82 Å². The molecule has 3 heterocycles. The Morgan fingerprint density at radius 2 is 2.25 bits per heavy atom. The SMILES string of the molecule is Cc1nc([C@H]2OCC[C@H]2CNc2cnc3cc(Cl)ccc3n2)n[nH]1. The molecule has 8 heteroatoms. The lowest BCUT2D eigenvalue weighted by Gasteiger charge is -2.16. The van der Waals surface area contributed by atoms with Crippen molar-refractivity contribution in [3.63, 3.8) is 0 Å². The number of halogens is 1. The number of benzene rings is 1. The van der Waals surface area contributed by atoms with Gasteiger partial charge in [0, 0.05) is 24.1 Å². The van der Waals surface area contributed by atoms with Crippen LogP contribution in [0.5, 0.6) is 0 Å². The van der Waals surface area contributed by atoms with Crippen LogP contribution in [0, 0.1) is 12.8 Å². The Hall–Kier alpha value is -2.25. The Bertz CT molecular complexity index is 867. The standard InChI is InChI=1S/C16H17ClN6O/c1-9-20-16(23-22-9)15-10(4-5-24-15)7-19-14-8-18-13-6-11(17)2-3-12(13)21-14/h2-3,6,8,10,15H,4-5,7H2,1H3,(H,19,21)(H,20,22,23)/t10-,15-/m0/s1. The maximum Gasteiger partial charge on any atom is 0.179 e. The number of H-pyrrole nitrogens is 1. The summed E-state index contributed by atoms with van der Waals surface area (Å²) in [5.74, 6) is 2.55. The Kier molecular flexibility index (Phi) is 4.03. The minimum atomic E-state index is -0.0883. The van der Waals surface area contributed by atoms with Gasteiger partial charge in [0.25, 0.3) is 0 Å². The summed E-state index contributed by atoms with van der Waals surface area (Å²) in [6.07, 6.45) is 2.59. The van der Waals surface area contributed by atoms with Gasteiger partial charge in [-0.1, -0.05) is 11.6 Å². The summed E-state index contributed by atoms with van der Waals surface area (Å²) in [5.41, 5.74) is 1.60. The summed E-state index contributed by atoms with van der Waals surface area (Å²) in [6, 6.07) is 5.49. The van der Waals surface area contributed by atoms with Crippen molar-refractivity contribution < 1.29 is 4.74 Å². The fourth-order valence-corrected chi connectivity index (χ4v) is 3.09. The van der Waals surface area contributed by atoms with Crippen LogP contribution in [0.3, 0.4) is 0 Å². The summed E-state index contributed by atoms with van der Waals surface area (Å²) in [4.78, 5) is 13.4. The number of fused-ring (bicyclic) bond motifs is 1. The van der Waals surface area contributed by atoms with Gasteiger partial charge in [-0.05, 0) is 31.5 Å². The van der Waals surface area contributed by atoms with E-state index in [0.29, 0.717) is 17.5 Å². The van der Waals surface area contributed by atoms with Crippen molar-refractivity contribution in [2.24, 2.45) is 5.92 Å². The van der Waals surface area contributed by atoms with Gasteiger partial charge in [0.15, 0.2) is 5.82 Å². The molecule has 0 radical (unpaired) electrons. The van der Waals surface area contributed by atoms with E-state index in [-0.39, 0.29) is 6.10 Å². The van der Waals surface area contributed by atoms with Crippen LogP contribution in [0.15, 0.2) is 24.4 Å². The number of nitrogens with one attached hydrogen (secondary N) is 2. The maximum atomic E-state index is 5.97. The Morgan fingerprint density at radius 1 is 1.33 bits per heavy atom. The molecule has 0 amide bonds. The van der Waals surface area contributed by atoms with E-state index in [2.05, 4.69) is 30.5 Å². The van der Waals surface area contributed by atoms with Crippen LogP contribution in [0.1, 0.15) is 24.2 Å². The molecule has 1 aliphatic heterocycles. The lowest BCUT2D eigenvalue weighted by molar-refractivity contribution is 0.0863. The third-order valence-electron chi connectivity index (χ3n) is 4.13. The molecule has 0 aliphatic carbocycles. The first-order chi connectivity index (χ1) is 11.7. The van der Waals surface area contributed by atoms with Gasteiger partial charge in [-0.15, -0.1) is 0 Å². The minimum Gasteiger partial charge on any atom is -0.370 e. The number of aryl methyl sites for hydroxylation is 1. The lowest BCUT2D eigenvalue weighted by atomic mass is 10.0. The highest BCUT2D eigenvalue weighted by Crippen LogP contribution is 2.32. The molecule has 0 bridgehead atoms. The number of hydrogen-bond acceptors (Lipinski definition) is 6. The van der Waals surface area contributed by atoms with Gasteiger partial charge < -0.3 is 10.1 Å². The van der Waals surface area contributed by atoms with Crippen molar-refractivity contribution in [2.45, 2.75) is 19.4 Å². The van der Waals surface area contributed by atoms with Crippen LogP contribution in [0.2, 0.25) is 5.02 Å². The molecule has 24 heavy (non-hydrogen) atoms. The molecule has 7 nitrogen and oxygen atoms in total. The third-order valence-corrected chi connectivity index (χ3v) is 4.37. The quantitative estimate of drug-likeness (QED) is 0.756. The van der Waals surface area contributed by atoms with E-state index in [4.69, 9.17) is 16.3 Å². The fourth-order valence-electron chi connectivity index (χ4n) is 2.92. The number of nitrogens with zero attached hydrogens (tertiary/aromatic N) is 4. The predicted molar refractivity (Wildman–Crippen MR) is 91.0 cm³/mol. The van der Waals surface area contributed by atoms with Crippen molar-refractivity contribution in [1.29, 1.82) is 0 Å². The van der Waals surface area contributed by atoms with Crippen molar-refractivity contribution >= 4 is 28.5 Å². The summed E-state index contributed by atoms with van der Waals surface area (Å²) in [7, 11) is 0. The highest BCUT2D eigenvalue weighted by Gasteiger charge is 2.32. The van der Waals surface area contributed by atoms with E-state index in [1.165, 1.54) is 0 Å². The number of hydrogen-bond donors (Lipinski definition) is 2. The number of aromatic amines is 1. The second-order valence-electron chi connectivity index (χ2n) is 5.89. The largest absolute Gasteiger partial charge is 0.370 e. The minimum absolute atomic E-state index is 0.0883. The van der Waals surface area contributed by atoms with Crippen LogP contribution < -0.4 is 5.32 Å². The van der Waals surface area contributed by atoms with E-state index in [1.54, 1.807) is 12.3 Å². The lowest BCUT2D eigenvalue weighted by Crippen LogP contribution is -2.19. The van der Waals surface area contributed by atoms with Gasteiger partial charge in [-0.2, -0.15) is 5.10 Å². The average Bonchev–Trinajstić information content (AvgIpc) is 3.21. The molecular formula is C16H17ClN6O. The van der Waals surface area contributed by atoms with Crippen LogP contribution in [-0.2, 0) is 4.74 Å². The van der Waals surface area contributed by atoms with E-state index in [9.17, 15) is 0 Å². The first kappa shape index (κ1) is 15.3. The maximum absolute atomic E-state index is 5.97. The van der Waals surface area contributed by atoms with Crippen LogP contribution >= 0.6 is 11.6 Å². The summed E-state index contributed by atoms with van der Waals surface area (Å²) in [6.45, 7) is 3.33. The highest BCUT2D eigenvalue weighted by atomic mass is 35.5. The zero-order valence-corrected chi connectivity index (χ0v) is 13.9. The van der Waals surface area contributed by atoms with E-state index in [1.807, 2.05) is 19.1 Å². The van der Waals surface area contributed by atoms with Crippen molar-refractivity contribution in [1.82, 2.24) is 25.1 Å². The van der Waals surface area contributed by atoms with E-state index < -0.39 is 0 Å². The normalized spacial score (nSPS) is 20.6. The molecule has 0 spiro atoms. The van der Waals surface area contributed by atoms with Gasteiger partial charge in [0.2, 0.25) is 0 Å². The summed E-state index contributed by atoms with van der Waals surface area (Å²) in [5, 5.41) is 11.1. The Labute approximate surface area is 143 Å². The molecule has 1 aliphatic rings. The van der Waals surface area contributed by atoms with E-state index in [0.717, 1.165) is 41.5 Å². The molecule has 0 saturated carbocycles. The zero-order valence-electron chi connectivity index (χ0n) is 13.2. The average molecular weight is 345 g/mol. The second kappa shape index (κ2) is 6.33. The smallest absolute Gasteiger partial charge is 0.179 e. The summed E-state index contributed by atoms with van der Waals surface area (Å²) >= 11 is 5.97. The topological polar surface area (TPSA) is 88.6 Å². The van der Waals surface area contributed by atoms with Crippen LogP contribution in [-0.4, -0.2) is 38.3 Å². The molecule has 2 N–H and O–H groups in total. The van der Waals surface area contributed by atoms with Crippen molar-refractivity contribution in [2.75, 3.05) is 18.5 Å². The Balaban J connectivity index is 1.47. The first-order valence-electron chi connectivity index (χ1n) is 7.86. The molecule has 1 saturated heterocycles. The van der Waals surface area contributed by atoms with Gasteiger partial charge in [-0.3, -0.25) is 10.1 Å². The van der Waals surface area contributed by atoms with Crippen LogP contribution in [0.25, 0.3) is 11.0 Å². The molecule has 2 aromatic heterocycles. The van der Waals surface area contributed by atoms with Crippen molar-refractivity contribution in [3.05, 3.63) is 41.1 Å². The molecular weight excluding hydrogens is 328 g/mol. The second-order valence-corrected chi connectivity index (χ2v) is 6.32. The van der Waals surface area contributed by atoms with Gasteiger partial charge in [0.1, 0.15) is 17.7 Å². The molecule has 3 aromatic rings. The predicted octanol–water partition coefficient (Wildman–Crippen LogP) is 2.90. The molecule has 0 unspecified atom stereocenters. The molecule has 124 valence electrons. The van der Waals surface area contributed by atoms with Gasteiger partial charge in [-0.25, -0.2) is 9.97 Å². The monoisotopic (exact) mass is 344 g/mol. The number of anilines is 1. The molecule has 1 fully saturated rings. The third kappa shape index (κ3) is 3.05. The Morgan fingerprint density at radius 3 is 3.08 bits per heavy atom. The molecule has 4 rings (SSSR count). The number of aromatic nitrogens is 5. The highest BCUT2D eigenvalue weighted by molar-refractivity contribution is 6.31. The van der Waals surface area contributed by atoms with Gasteiger partial charge in [0.05, 0.1) is 17.2 Å². The summed E-state index contributed by atoms with van der Waals surface area (Å²) < 4.78 is 5.80. The van der Waals surface area contributed by atoms with E-state index >= 15 is 0 Å². The molecule has 1 aromatic carbocycles. The zero-order chi connectivity index (χ0) is 16.5. The van der Waals surface area contributed by atoms with Gasteiger partial charge >= 0.3 is 0 Å². The number of ether oxygens (including phenoxy) is 1.